The molecular weight excluding hydrogens is 452 g/mol. The van der Waals surface area contributed by atoms with Crippen LogP contribution >= 0.6 is 0 Å². The molecule has 2 fully saturated rings. The van der Waals surface area contributed by atoms with E-state index >= 15 is 0 Å². The van der Waals surface area contributed by atoms with Crippen LogP contribution in [0.2, 0.25) is 0 Å². The van der Waals surface area contributed by atoms with Gasteiger partial charge in [-0.15, -0.1) is 0 Å². The van der Waals surface area contributed by atoms with Gasteiger partial charge < -0.3 is 24.8 Å². The summed E-state index contributed by atoms with van der Waals surface area (Å²) >= 11 is 0. The number of aromatic amines is 1. The largest absolute Gasteiger partial charge is 0.414 e. The van der Waals surface area contributed by atoms with Crippen molar-refractivity contribution in [3.8, 4) is 5.88 Å². The molecule has 3 aromatic rings. The van der Waals surface area contributed by atoms with Crippen LogP contribution in [0.3, 0.4) is 0 Å². The van der Waals surface area contributed by atoms with Gasteiger partial charge in [0.15, 0.2) is 0 Å². The van der Waals surface area contributed by atoms with Crippen LogP contribution in [0, 0.1) is 25.7 Å². The highest BCUT2D eigenvalue weighted by molar-refractivity contribution is 5.97. The molecule has 3 heterocycles. The summed E-state index contributed by atoms with van der Waals surface area (Å²) in [6, 6.07) is 19.4. The number of carbonyl (C=O) groups excluding carboxylic acids is 2. The summed E-state index contributed by atoms with van der Waals surface area (Å²) in [7, 11) is 0. The fourth-order valence-electron chi connectivity index (χ4n) is 5.72. The monoisotopic (exact) mass is 486 g/mol. The van der Waals surface area contributed by atoms with Crippen molar-refractivity contribution >= 4 is 12.0 Å². The SMILES string of the molecule is Cc1cccc(C)c1C(=O)N1CC2CN(CCC(NC(=O)Oc3ccc[nH]3)c3ccccc3)C[C@H]2C1. The highest BCUT2D eigenvalue weighted by Gasteiger charge is 2.42. The molecule has 7 heteroatoms. The van der Waals surface area contributed by atoms with Crippen molar-refractivity contribution in [1.82, 2.24) is 20.1 Å². The Morgan fingerprint density at radius 2 is 1.64 bits per heavy atom. The molecule has 0 spiro atoms. The summed E-state index contributed by atoms with van der Waals surface area (Å²) < 4.78 is 5.37. The van der Waals surface area contributed by atoms with Crippen LogP contribution in [0.1, 0.15) is 39.5 Å². The van der Waals surface area contributed by atoms with Crippen LogP contribution in [0.25, 0.3) is 0 Å². The molecule has 3 atom stereocenters. The fraction of sp³-hybridized carbons (Fsp3) is 0.379. The van der Waals surface area contributed by atoms with E-state index < -0.39 is 6.09 Å². The van der Waals surface area contributed by atoms with E-state index in [0.29, 0.717) is 17.7 Å². The maximum Gasteiger partial charge on any atom is 0.414 e. The van der Waals surface area contributed by atoms with Gasteiger partial charge in [-0.05, 0) is 54.9 Å². The molecule has 2 saturated heterocycles. The van der Waals surface area contributed by atoms with E-state index in [4.69, 9.17) is 4.74 Å². The van der Waals surface area contributed by atoms with Crippen molar-refractivity contribution in [2.45, 2.75) is 26.3 Å². The van der Waals surface area contributed by atoms with Crippen molar-refractivity contribution in [3.05, 3.63) is 89.1 Å². The molecule has 0 radical (unpaired) electrons. The minimum absolute atomic E-state index is 0.142. The number of aromatic nitrogens is 1. The summed E-state index contributed by atoms with van der Waals surface area (Å²) in [6.45, 7) is 8.51. The van der Waals surface area contributed by atoms with Crippen molar-refractivity contribution in [3.63, 3.8) is 0 Å². The van der Waals surface area contributed by atoms with Crippen molar-refractivity contribution < 1.29 is 14.3 Å². The number of rotatable bonds is 7. The topological polar surface area (TPSA) is 77.7 Å². The number of H-pyrrole nitrogens is 1. The van der Waals surface area contributed by atoms with E-state index in [1.165, 1.54) is 0 Å². The van der Waals surface area contributed by atoms with Gasteiger partial charge in [0.05, 0.1) is 6.04 Å². The summed E-state index contributed by atoms with van der Waals surface area (Å²) in [5.41, 5.74) is 4.02. The van der Waals surface area contributed by atoms with Gasteiger partial charge >= 0.3 is 6.09 Å². The molecule has 0 bridgehead atoms. The third-order valence-electron chi connectivity index (χ3n) is 7.54. The van der Waals surface area contributed by atoms with Crippen LogP contribution in [0.5, 0.6) is 5.88 Å². The smallest absolute Gasteiger partial charge is 0.393 e. The number of carbonyl (C=O) groups is 2. The predicted molar refractivity (Wildman–Crippen MR) is 139 cm³/mol. The Hall–Kier alpha value is -3.58. The predicted octanol–water partition coefficient (Wildman–Crippen LogP) is 4.56. The number of hydrogen-bond acceptors (Lipinski definition) is 4. The molecule has 2 N–H and O–H groups in total. The van der Waals surface area contributed by atoms with E-state index in [1.807, 2.05) is 67.3 Å². The fourth-order valence-corrected chi connectivity index (χ4v) is 5.72. The number of likely N-dealkylation sites (tertiary alicyclic amines) is 2. The van der Waals surface area contributed by atoms with E-state index in [9.17, 15) is 9.59 Å². The third-order valence-corrected chi connectivity index (χ3v) is 7.54. The molecular formula is C29H34N4O3. The normalized spacial score (nSPS) is 20.2. The maximum atomic E-state index is 13.2. The zero-order chi connectivity index (χ0) is 25.1. The lowest BCUT2D eigenvalue weighted by Gasteiger charge is -2.25. The minimum atomic E-state index is -0.467. The molecule has 0 aliphatic carbocycles. The average Bonchev–Trinajstić information content (AvgIpc) is 3.59. The van der Waals surface area contributed by atoms with Gasteiger partial charge in [0.25, 0.3) is 5.91 Å². The third kappa shape index (κ3) is 5.31. The average molecular weight is 487 g/mol. The van der Waals surface area contributed by atoms with Gasteiger partial charge in [0, 0.05) is 50.6 Å². The number of hydrogen-bond donors (Lipinski definition) is 2. The van der Waals surface area contributed by atoms with Gasteiger partial charge in [-0.2, -0.15) is 0 Å². The lowest BCUT2D eigenvalue weighted by Crippen LogP contribution is -2.36. The number of ether oxygens (including phenoxy) is 1. The van der Waals surface area contributed by atoms with E-state index in [-0.39, 0.29) is 11.9 Å². The summed E-state index contributed by atoms with van der Waals surface area (Å²) in [5.74, 6) is 1.59. The summed E-state index contributed by atoms with van der Waals surface area (Å²) in [6.07, 6.45) is 2.04. The molecule has 1 aromatic heterocycles. The van der Waals surface area contributed by atoms with Gasteiger partial charge in [0.2, 0.25) is 5.88 Å². The molecule has 7 nitrogen and oxygen atoms in total. The molecule has 2 aromatic carbocycles. The van der Waals surface area contributed by atoms with Crippen molar-refractivity contribution in [2.24, 2.45) is 11.8 Å². The van der Waals surface area contributed by atoms with Crippen molar-refractivity contribution in [2.75, 3.05) is 32.7 Å². The lowest BCUT2D eigenvalue weighted by molar-refractivity contribution is 0.0772. The number of nitrogens with zero attached hydrogens (tertiary/aromatic N) is 2. The molecule has 2 aliphatic heterocycles. The minimum Gasteiger partial charge on any atom is -0.393 e. The van der Waals surface area contributed by atoms with Crippen LogP contribution in [-0.4, -0.2) is 59.5 Å². The Morgan fingerprint density at radius 1 is 0.944 bits per heavy atom. The molecule has 36 heavy (non-hydrogen) atoms. The number of aryl methyl sites for hydroxylation is 2. The Kier molecular flexibility index (Phi) is 7.09. The first-order valence-electron chi connectivity index (χ1n) is 12.7. The second kappa shape index (κ2) is 10.6. The van der Waals surface area contributed by atoms with Gasteiger partial charge in [-0.3, -0.25) is 4.79 Å². The van der Waals surface area contributed by atoms with Crippen LogP contribution in [0.15, 0.2) is 66.9 Å². The highest BCUT2D eigenvalue weighted by Crippen LogP contribution is 2.33. The van der Waals surface area contributed by atoms with Gasteiger partial charge in [-0.25, -0.2) is 4.79 Å². The molecule has 2 aliphatic rings. The number of amides is 2. The first-order chi connectivity index (χ1) is 17.5. The lowest BCUT2D eigenvalue weighted by atomic mass is 10.0. The molecule has 0 saturated carbocycles. The van der Waals surface area contributed by atoms with Crippen LogP contribution in [0.4, 0.5) is 4.79 Å². The van der Waals surface area contributed by atoms with Gasteiger partial charge in [-0.1, -0.05) is 48.5 Å². The molecule has 188 valence electrons. The standard InChI is InChI=1S/C29H34N4O3/c1-20-8-6-9-21(2)27(20)28(34)33-18-23-16-32(17-24(23)19-33)15-13-25(22-10-4-3-5-11-22)31-29(35)36-26-12-7-14-30-26/h3-12,14,23-25,30H,13,15-19H2,1-2H3,(H,31,35)/t23-,24?,25?/m0/s1. The first-order valence-corrected chi connectivity index (χ1v) is 12.7. The summed E-state index contributed by atoms with van der Waals surface area (Å²) in [5, 5.41) is 3.04. The van der Waals surface area contributed by atoms with Crippen LogP contribution < -0.4 is 10.1 Å². The number of benzene rings is 2. The first kappa shape index (κ1) is 24.1. The van der Waals surface area contributed by atoms with E-state index in [0.717, 1.165) is 61.4 Å². The van der Waals surface area contributed by atoms with E-state index in [1.54, 1.807) is 18.3 Å². The molecule has 2 amide bonds. The van der Waals surface area contributed by atoms with Crippen LogP contribution in [-0.2, 0) is 0 Å². The Bertz CT molecular complexity index is 1160. The number of fused-ring (bicyclic) bond motifs is 1. The quantitative estimate of drug-likeness (QED) is 0.514. The van der Waals surface area contributed by atoms with Crippen molar-refractivity contribution in [1.29, 1.82) is 0 Å². The zero-order valence-corrected chi connectivity index (χ0v) is 20.9. The van der Waals surface area contributed by atoms with Gasteiger partial charge in [0.1, 0.15) is 0 Å². The maximum absolute atomic E-state index is 13.2. The molecule has 5 rings (SSSR count). The Balaban J connectivity index is 1.16. The Labute approximate surface area is 212 Å². The van der Waals surface area contributed by atoms with E-state index in [2.05, 4.69) is 15.2 Å². The number of nitrogens with one attached hydrogen (secondary N) is 2. The zero-order valence-electron chi connectivity index (χ0n) is 20.9. The second-order valence-electron chi connectivity index (χ2n) is 10.1. The summed E-state index contributed by atoms with van der Waals surface area (Å²) in [4.78, 5) is 33.2. The highest BCUT2D eigenvalue weighted by atomic mass is 16.6. The Morgan fingerprint density at radius 3 is 2.28 bits per heavy atom. The second-order valence-corrected chi connectivity index (χ2v) is 10.1. The molecule has 2 unspecified atom stereocenters.